The second kappa shape index (κ2) is 9.12. The first-order valence-electron chi connectivity index (χ1n) is 10.9. The third kappa shape index (κ3) is 4.92. The second-order valence-corrected chi connectivity index (χ2v) is 8.49. The van der Waals surface area contributed by atoms with E-state index in [0.29, 0.717) is 26.1 Å². The minimum absolute atomic E-state index is 0.00150. The molecule has 2 amide bonds. The summed E-state index contributed by atoms with van der Waals surface area (Å²) in [6.45, 7) is 3.97. The number of nitrogens with zero attached hydrogens (tertiary/aromatic N) is 3. The molecule has 7 heteroatoms. The van der Waals surface area contributed by atoms with Crippen molar-refractivity contribution in [2.24, 2.45) is 0 Å². The van der Waals surface area contributed by atoms with Crippen LogP contribution < -0.4 is 0 Å². The van der Waals surface area contributed by atoms with Gasteiger partial charge in [-0.15, -0.1) is 0 Å². The van der Waals surface area contributed by atoms with Crippen molar-refractivity contribution in [2.45, 2.75) is 44.9 Å². The molecular formula is C24H27F2N3O2. The Morgan fingerprint density at radius 3 is 2.48 bits per heavy atom. The summed E-state index contributed by atoms with van der Waals surface area (Å²) in [7, 11) is 0. The van der Waals surface area contributed by atoms with E-state index in [-0.39, 0.29) is 36.3 Å². The van der Waals surface area contributed by atoms with E-state index in [2.05, 4.69) is 4.98 Å². The zero-order valence-corrected chi connectivity index (χ0v) is 17.7. The number of hydrogen-bond acceptors (Lipinski definition) is 3. The first kappa shape index (κ1) is 21.4. The standard InChI is InChI=1S/C24H27F2N3O2/c1-16-12-17(13-19-20(25)4-2-5-21(19)26)14-22(27-16)18-7-10-28(11-8-18)24(31)15-29-9-3-6-23(29)30/h2,4-5,12,14,18H,3,6-11,13,15H2,1H3. The van der Waals surface area contributed by atoms with Gasteiger partial charge in [0.1, 0.15) is 11.6 Å². The molecule has 2 fully saturated rings. The van der Waals surface area contributed by atoms with E-state index >= 15 is 0 Å². The van der Waals surface area contributed by atoms with Gasteiger partial charge in [0.05, 0.1) is 6.54 Å². The summed E-state index contributed by atoms with van der Waals surface area (Å²) in [6, 6.07) is 7.71. The summed E-state index contributed by atoms with van der Waals surface area (Å²) in [5, 5.41) is 0. The zero-order valence-electron chi connectivity index (χ0n) is 17.7. The molecule has 2 saturated heterocycles. The number of aryl methyl sites for hydroxylation is 1. The molecule has 31 heavy (non-hydrogen) atoms. The summed E-state index contributed by atoms with van der Waals surface area (Å²) in [6.07, 6.45) is 3.10. The molecule has 0 spiro atoms. The number of pyridine rings is 1. The Kier molecular flexibility index (Phi) is 6.30. The minimum Gasteiger partial charge on any atom is -0.341 e. The quantitative estimate of drug-likeness (QED) is 0.733. The Balaban J connectivity index is 1.40. The van der Waals surface area contributed by atoms with Gasteiger partial charge in [-0.05, 0) is 56.0 Å². The van der Waals surface area contributed by atoms with Gasteiger partial charge in [0.15, 0.2) is 0 Å². The Morgan fingerprint density at radius 2 is 1.84 bits per heavy atom. The normalized spacial score (nSPS) is 17.5. The van der Waals surface area contributed by atoms with E-state index in [9.17, 15) is 18.4 Å². The molecule has 1 aromatic carbocycles. The fourth-order valence-electron chi connectivity index (χ4n) is 4.54. The van der Waals surface area contributed by atoms with E-state index in [1.807, 2.05) is 24.0 Å². The second-order valence-electron chi connectivity index (χ2n) is 8.49. The summed E-state index contributed by atoms with van der Waals surface area (Å²) >= 11 is 0. The Bertz CT molecular complexity index is 967. The van der Waals surface area contributed by atoms with Crippen LogP contribution in [-0.4, -0.2) is 52.8 Å². The number of likely N-dealkylation sites (tertiary alicyclic amines) is 2. The van der Waals surface area contributed by atoms with Crippen molar-refractivity contribution >= 4 is 11.8 Å². The van der Waals surface area contributed by atoms with Gasteiger partial charge in [0.2, 0.25) is 11.8 Å². The number of hydrogen-bond donors (Lipinski definition) is 0. The number of amides is 2. The van der Waals surface area contributed by atoms with Crippen molar-refractivity contribution in [1.82, 2.24) is 14.8 Å². The lowest BCUT2D eigenvalue weighted by Gasteiger charge is -2.33. The highest BCUT2D eigenvalue weighted by molar-refractivity contribution is 5.85. The third-order valence-corrected chi connectivity index (χ3v) is 6.24. The molecule has 2 aliphatic heterocycles. The molecule has 1 aromatic heterocycles. The van der Waals surface area contributed by atoms with Crippen LogP contribution in [0.2, 0.25) is 0 Å². The van der Waals surface area contributed by atoms with Gasteiger partial charge in [-0.25, -0.2) is 8.78 Å². The lowest BCUT2D eigenvalue weighted by molar-refractivity contribution is -0.139. The molecule has 4 rings (SSSR count). The predicted octanol–water partition coefficient (Wildman–Crippen LogP) is 3.59. The third-order valence-electron chi connectivity index (χ3n) is 6.24. The van der Waals surface area contributed by atoms with Gasteiger partial charge in [-0.2, -0.15) is 0 Å². The average molecular weight is 427 g/mol. The molecule has 0 bridgehead atoms. The highest BCUT2D eigenvalue weighted by Gasteiger charge is 2.28. The van der Waals surface area contributed by atoms with Gasteiger partial charge in [-0.3, -0.25) is 14.6 Å². The van der Waals surface area contributed by atoms with Crippen LogP contribution in [0, 0.1) is 18.6 Å². The Hall–Kier alpha value is -2.83. The SMILES string of the molecule is Cc1cc(Cc2c(F)cccc2F)cc(C2CCN(C(=O)CN3CCCC3=O)CC2)n1. The lowest BCUT2D eigenvalue weighted by atomic mass is 9.91. The fourth-order valence-corrected chi connectivity index (χ4v) is 4.54. The lowest BCUT2D eigenvalue weighted by Crippen LogP contribution is -2.44. The van der Waals surface area contributed by atoms with Crippen LogP contribution in [0.1, 0.15) is 54.1 Å². The van der Waals surface area contributed by atoms with E-state index in [0.717, 1.165) is 36.2 Å². The van der Waals surface area contributed by atoms with E-state index in [4.69, 9.17) is 0 Å². The van der Waals surface area contributed by atoms with Crippen LogP contribution in [-0.2, 0) is 16.0 Å². The van der Waals surface area contributed by atoms with Crippen molar-refractivity contribution in [3.63, 3.8) is 0 Å². The van der Waals surface area contributed by atoms with Crippen molar-refractivity contribution in [1.29, 1.82) is 0 Å². The van der Waals surface area contributed by atoms with Gasteiger partial charge < -0.3 is 9.80 Å². The van der Waals surface area contributed by atoms with Gasteiger partial charge in [0, 0.05) is 55.3 Å². The van der Waals surface area contributed by atoms with Crippen molar-refractivity contribution < 1.29 is 18.4 Å². The monoisotopic (exact) mass is 427 g/mol. The zero-order chi connectivity index (χ0) is 22.0. The maximum Gasteiger partial charge on any atom is 0.242 e. The van der Waals surface area contributed by atoms with Crippen LogP contribution in [0.4, 0.5) is 8.78 Å². The molecule has 2 aromatic rings. The van der Waals surface area contributed by atoms with E-state index in [1.54, 1.807) is 4.90 Å². The number of halogens is 2. The largest absolute Gasteiger partial charge is 0.341 e. The highest BCUT2D eigenvalue weighted by Crippen LogP contribution is 2.29. The smallest absolute Gasteiger partial charge is 0.242 e. The molecule has 0 atom stereocenters. The Morgan fingerprint density at radius 1 is 1.13 bits per heavy atom. The van der Waals surface area contributed by atoms with Crippen LogP contribution in [0.15, 0.2) is 30.3 Å². The van der Waals surface area contributed by atoms with E-state index < -0.39 is 11.6 Å². The molecule has 0 N–H and O–H groups in total. The molecule has 5 nitrogen and oxygen atoms in total. The first-order chi connectivity index (χ1) is 14.9. The summed E-state index contributed by atoms with van der Waals surface area (Å²) in [5.41, 5.74) is 2.62. The number of aromatic nitrogens is 1. The molecule has 0 saturated carbocycles. The number of carbonyl (C=O) groups is 2. The average Bonchev–Trinajstić information content (AvgIpc) is 3.15. The van der Waals surface area contributed by atoms with E-state index in [1.165, 1.54) is 18.2 Å². The van der Waals surface area contributed by atoms with Crippen LogP contribution in [0.3, 0.4) is 0 Å². The molecular weight excluding hydrogens is 400 g/mol. The topological polar surface area (TPSA) is 53.5 Å². The highest BCUT2D eigenvalue weighted by atomic mass is 19.1. The maximum absolute atomic E-state index is 14.1. The molecule has 2 aliphatic rings. The Labute approximate surface area is 181 Å². The summed E-state index contributed by atoms with van der Waals surface area (Å²) in [4.78, 5) is 32.5. The number of carbonyl (C=O) groups excluding carboxylic acids is 2. The predicted molar refractivity (Wildman–Crippen MR) is 113 cm³/mol. The fraction of sp³-hybridized carbons (Fsp3) is 0.458. The molecule has 164 valence electrons. The van der Waals surface area contributed by atoms with Gasteiger partial charge >= 0.3 is 0 Å². The number of benzene rings is 1. The number of rotatable bonds is 5. The molecule has 0 radical (unpaired) electrons. The van der Waals surface area contributed by atoms with Crippen molar-refractivity contribution in [3.8, 4) is 0 Å². The van der Waals surface area contributed by atoms with Gasteiger partial charge in [-0.1, -0.05) is 6.07 Å². The van der Waals surface area contributed by atoms with Crippen LogP contribution >= 0.6 is 0 Å². The molecule has 0 unspecified atom stereocenters. The number of piperidine rings is 1. The molecule has 0 aliphatic carbocycles. The summed E-state index contributed by atoms with van der Waals surface area (Å²) in [5.74, 6) is -0.826. The maximum atomic E-state index is 14.1. The van der Waals surface area contributed by atoms with Crippen LogP contribution in [0.5, 0.6) is 0 Å². The summed E-state index contributed by atoms with van der Waals surface area (Å²) < 4.78 is 28.1. The first-order valence-corrected chi connectivity index (χ1v) is 10.9. The molecule has 3 heterocycles. The van der Waals surface area contributed by atoms with Crippen molar-refractivity contribution in [2.75, 3.05) is 26.2 Å². The van der Waals surface area contributed by atoms with Crippen molar-refractivity contribution in [3.05, 3.63) is 64.5 Å². The minimum atomic E-state index is -0.542. The van der Waals surface area contributed by atoms with Crippen LogP contribution in [0.25, 0.3) is 0 Å². The van der Waals surface area contributed by atoms with Gasteiger partial charge in [0.25, 0.3) is 0 Å².